The Bertz CT molecular complexity index is 1040. The van der Waals surface area contributed by atoms with Crippen molar-refractivity contribution in [2.45, 2.75) is 6.10 Å². The van der Waals surface area contributed by atoms with E-state index in [-0.39, 0.29) is 25.1 Å². The van der Waals surface area contributed by atoms with Gasteiger partial charge in [-0.25, -0.2) is 4.98 Å². The normalized spacial score (nSPS) is 13.9. The Morgan fingerprint density at radius 3 is 2.85 bits per heavy atom. The minimum Gasteiger partial charge on any atom is -0.470 e. The van der Waals surface area contributed by atoms with E-state index in [0.717, 1.165) is 10.9 Å². The lowest BCUT2D eigenvalue weighted by Gasteiger charge is -2.38. The summed E-state index contributed by atoms with van der Waals surface area (Å²) in [5.74, 6) is -0.859. The highest BCUT2D eigenvalue weighted by Gasteiger charge is 2.36. The number of hydrogen-bond donors (Lipinski definition) is 1. The first kappa shape index (κ1) is 15.8. The summed E-state index contributed by atoms with van der Waals surface area (Å²) in [5.41, 5.74) is 1.52. The highest BCUT2D eigenvalue weighted by atomic mass is 16.5. The molecule has 7 heteroatoms. The fourth-order valence-corrected chi connectivity index (χ4v) is 2.92. The zero-order valence-corrected chi connectivity index (χ0v) is 13.7. The van der Waals surface area contributed by atoms with Crippen molar-refractivity contribution in [2.75, 3.05) is 13.1 Å². The number of benzene rings is 1. The quantitative estimate of drug-likeness (QED) is 0.575. The molecule has 0 bridgehead atoms. The monoisotopic (exact) mass is 346 g/mol. The molecule has 1 fully saturated rings. The summed E-state index contributed by atoms with van der Waals surface area (Å²) in [7, 11) is 0. The van der Waals surface area contributed by atoms with Gasteiger partial charge in [0, 0.05) is 23.3 Å². The van der Waals surface area contributed by atoms with Crippen LogP contribution in [0, 0.1) is 11.3 Å². The van der Waals surface area contributed by atoms with Crippen molar-refractivity contribution in [1.29, 1.82) is 5.26 Å². The molecule has 7 nitrogen and oxygen atoms in total. The number of hydrogen-bond acceptors (Lipinski definition) is 5. The van der Waals surface area contributed by atoms with Gasteiger partial charge in [-0.2, -0.15) is 5.26 Å². The van der Waals surface area contributed by atoms with Gasteiger partial charge in [-0.05, 0) is 18.2 Å². The summed E-state index contributed by atoms with van der Waals surface area (Å²) in [6.45, 7) is 0.572. The maximum absolute atomic E-state index is 12.5. The average molecular weight is 346 g/mol. The molecule has 0 aliphatic carbocycles. The first-order valence-corrected chi connectivity index (χ1v) is 8.09. The van der Waals surface area contributed by atoms with Crippen LogP contribution in [0.4, 0.5) is 0 Å². The lowest BCUT2D eigenvalue weighted by atomic mass is 10.1. The summed E-state index contributed by atoms with van der Waals surface area (Å²) in [6.07, 6.45) is 2.82. The number of Topliss-reactive ketones (excluding diaryl/α,β-unsaturated/α-hetero) is 1. The molecule has 0 saturated carbocycles. The summed E-state index contributed by atoms with van der Waals surface area (Å²) < 4.78 is 5.65. The second-order valence-electron chi connectivity index (χ2n) is 5.99. The highest BCUT2D eigenvalue weighted by molar-refractivity contribution is 6.45. The number of fused-ring (bicyclic) bond motifs is 1. The van der Waals surface area contributed by atoms with Crippen LogP contribution in [0.5, 0.6) is 5.88 Å². The number of H-pyrrole nitrogens is 1. The van der Waals surface area contributed by atoms with E-state index < -0.39 is 11.7 Å². The number of ketones is 1. The van der Waals surface area contributed by atoms with Gasteiger partial charge in [0.2, 0.25) is 5.88 Å². The van der Waals surface area contributed by atoms with Crippen LogP contribution in [-0.4, -0.2) is 45.8 Å². The molecule has 26 heavy (non-hydrogen) atoms. The summed E-state index contributed by atoms with van der Waals surface area (Å²) >= 11 is 0. The third kappa shape index (κ3) is 2.67. The maximum atomic E-state index is 12.5. The van der Waals surface area contributed by atoms with Crippen molar-refractivity contribution in [2.24, 2.45) is 0 Å². The number of carbonyl (C=O) groups is 2. The SMILES string of the molecule is N#Cc1cccnc1OC1CN(C(=O)C(=O)c2c[nH]c3ccccc23)C1. The van der Waals surface area contributed by atoms with E-state index in [1.807, 2.05) is 24.3 Å². The van der Waals surface area contributed by atoms with E-state index >= 15 is 0 Å². The van der Waals surface area contributed by atoms with Gasteiger partial charge in [-0.1, -0.05) is 18.2 Å². The lowest BCUT2D eigenvalue weighted by Crippen LogP contribution is -2.58. The van der Waals surface area contributed by atoms with Crippen LogP contribution in [0.1, 0.15) is 15.9 Å². The van der Waals surface area contributed by atoms with Crippen molar-refractivity contribution in [3.8, 4) is 11.9 Å². The average Bonchev–Trinajstić information content (AvgIpc) is 3.07. The van der Waals surface area contributed by atoms with Crippen LogP contribution in [0.15, 0.2) is 48.8 Å². The van der Waals surface area contributed by atoms with E-state index in [9.17, 15) is 9.59 Å². The molecule has 1 amide bonds. The molecule has 3 heterocycles. The molecular weight excluding hydrogens is 332 g/mol. The molecule has 0 radical (unpaired) electrons. The first-order chi connectivity index (χ1) is 12.7. The Hall–Kier alpha value is -3.66. The summed E-state index contributed by atoms with van der Waals surface area (Å²) in [5, 5.41) is 9.77. The highest BCUT2D eigenvalue weighted by Crippen LogP contribution is 2.22. The zero-order chi connectivity index (χ0) is 18.1. The zero-order valence-electron chi connectivity index (χ0n) is 13.7. The van der Waals surface area contributed by atoms with Crippen LogP contribution < -0.4 is 4.74 Å². The standard InChI is InChI=1S/C19H14N4O3/c20-8-12-4-3-7-21-18(12)26-13-10-23(11-13)19(25)17(24)15-9-22-16-6-2-1-5-14(15)16/h1-7,9,13,22H,10-11H2. The molecule has 2 aromatic heterocycles. The number of nitrogens with zero attached hydrogens (tertiary/aromatic N) is 3. The lowest BCUT2D eigenvalue weighted by molar-refractivity contribution is -0.134. The van der Waals surface area contributed by atoms with Gasteiger partial charge in [0.25, 0.3) is 11.7 Å². The van der Waals surface area contributed by atoms with Crippen LogP contribution in [0.3, 0.4) is 0 Å². The van der Waals surface area contributed by atoms with Gasteiger partial charge >= 0.3 is 0 Å². The molecule has 0 atom stereocenters. The molecule has 4 rings (SSSR count). The second-order valence-corrected chi connectivity index (χ2v) is 5.99. The number of aromatic nitrogens is 2. The number of amides is 1. The molecule has 128 valence electrons. The third-order valence-corrected chi connectivity index (χ3v) is 4.33. The van der Waals surface area contributed by atoms with Crippen molar-refractivity contribution < 1.29 is 14.3 Å². The number of rotatable bonds is 4. The topological polar surface area (TPSA) is 99.1 Å². The van der Waals surface area contributed by atoms with Crippen LogP contribution in [0.2, 0.25) is 0 Å². The first-order valence-electron chi connectivity index (χ1n) is 8.09. The number of pyridine rings is 1. The Morgan fingerprint density at radius 1 is 1.23 bits per heavy atom. The van der Waals surface area contributed by atoms with E-state index in [4.69, 9.17) is 10.00 Å². The van der Waals surface area contributed by atoms with E-state index in [1.165, 1.54) is 11.1 Å². The number of nitriles is 1. The van der Waals surface area contributed by atoms with Crippen LogP contribution >= 0.6 is 0 Å². The largest absolute Gasteiger partial charge is 0.470 e. The number of carbonyl (C=O) groups excluding carboxylic acids is 2. The van der Waals surface area contributed by atoms with E-state index in [2.05, 4.69) is 9.97 Å². The predicted molar refractivity (Wildman–Crippen MR) is 92.6 cm³/mol. The van der Waals surface area contributed by atoms with Gasteiger partial charge in [0.15, 0.2) is 0 Å². The van der Waals surface area contributed by atoms with Crippen LogP contribution in [0.25, 0.3) is 10.9 Å². The Balaban J connectivity index is 1.42. The Labute approximate surface area is 148 Å². The maximum Gasteiger partial charge on any atom is 0.295 e. The van der Waals surface area contributed by atoms with Gasteiger partial charge in [0.1, 0.15) is 17.7 Å². The van der Waals surface area contributed by atoms with Crippen molar-refractivity contribution >= 4 is 22.6 Å². The van der Waals surface area contributed by atoms with E-state index in [1.54, 1.807) is 24.4 Å². The molecule has 1 N–H and O–H groups in total. The minimum absolute atomic E-state index is 0.245. The molecule has 1 aliphatic heterocycles. The smallest absolute Gasteiger partial charge is 0.295 e. The number of ether oxygens (including phenoxy) is 1. The molecule has 1 aliphatic rings. The second kappa shape index (κ2) is 6.33. The molecule has 3 aromatic rings. The third-order valence-electron chi connectivity index (χ3n) is 4.33. The number of likely N-dealkylation sites (tertiary alicyclic amines) is 1. The molecule has 0 unspecified atom stereocenters. The minimum atomic E-state index is -0.559. The van der Waals surface area contributed by atoms with Crippen LogP contribution in [-0.2, 0) is 4.79 Å². The Kier molecular flexibility index (Phi) is 3.86. The Morgan fingerprint density at radius 2 is 2.04 bits per heavy atom. The number of para-hydroxylation sites is 1. The fraction of sp³-hybridized carbons (Fsp3) is 0.158. The van der Waals surface area contributed by atoms with Gasteiger partial charge in [-0.15, -0.1) is 0 Å². The summed E-state index contributed by atoms with van der Waals surface area (Å²) in [4.78, 5) is 33.4. The molecule has 1 aromatic carbocycles. The van der Waals surface area contributed by atoms with E-state index in [0.29, 0.717) is 11.1 Å². The summed E-state index contributed by atoms with van der Waals surface area (Å²) in [6, 6.07) is 12.6. The predicted octanol–water partition coefficient (Wildman–Crippen LogP) is 1.91. The molecular formula is C19H14N4O3. The van der Waals surface area contributed by atoms with Gasteiger partial charge in [-0.3, -0.25) is 9.59 Å². The number of nitrogens with one attached hydrogen (secondary N) is 1. The van der Waals surface area contributed by atoms with Gasteiger partial charge < -0.3 is 14.6 Å². The fourth-order valence-electron chi connectivity index (χ4n) is 2.92. The van der Waals surface area contributed by atoms with Gasteiger partial charge in [0.05, 0.1) is 18.7 Å². The van der Waals surface area contributed by atoms with Crippen molar-refractivity contribution in [3.05, 3.63) is 59.9 Å². The number of aromatic amines is 1. The molecule has 0 spiro atoms. The molecule has 1 saturated heterocycles. The van der Waals surface area contributed by atoms with Crippen molar-refractivity contribution in [3.63, 3.8) is 0 Å². The van der Waals surface area contributed by atoms with Crippen molar-refractivity contribution in [1.82, 2.24) is 14.9 Å².